The predicted molar refractivity (Wildman–Crippen MR) is 93.4 cm³/mol. The van der Waals surface area contributed by atoms with Crippen molar-refractivity contribution in [2.75, 3.05) is 0 Å². The third-order valence-corrected chi connectivity index (χ3v) is 3.46. The minimum Gasteiger partial charge on any atom is -0.273 e. The molecule has 3 nitrogen and oxygen atoms in total. The highest BCUT2D eigenvalue weighted by Crippen LogP contribution is 2.12. The maximum Gasteiger partial charge on any atom is 0.353 e. The zero-order valence-electron chi connectivity index (χ0n) is 13.9. The summed E-state index contributed by atoms with van der Waals surface area (Å²) >= 11 is 0. The Morgan fingerprint density at radius 1 is 0.619 bits per heavy atom. The fraction of sp³-hybridized carbons (Fsp3) is 1.00. The van der Waals surface area contributed by atoms with E-state index in [4.69, 9.17) is 13.0 Å². The van der Waals surface area contributed by atoms with Crippen molar-refractivity contribution < 1.29 is 13.0 Å². The van der Waals surface area contributed by atoms with Crippen molar-refractivity contribution in [2.24, 2.45) is 0 Å². The van der Waals surface area contributed by atoms with Gasteiger partial charge in [0.1, 0.15) is 0 Å². The van der Waals surface area contributed by atoms with E-state index in [1.165, 1.54) is 89.9 Å². The van der Waals surface area contributed by atoms with E-state index in [-0.39, 0.29) is 0 Å². The van der Waals surface area contributed by atoms with E-state index in [9.17, 15) is 0 Å². The molecule has 0 saturated heterocycles. The van der Waals surface area contributed by atoms with E-state index < -0.39 is 9.33 Å². The smallest absolute Gasteiger partial charge is 0.273 e. The molecule has 0 rings (SSSR count). The lowest BCUT2D eigenvalue weighted by Crippen LogP contribution is -1.82. The van der Waals surface area contributed by atoms with Gasteiger partial charge in [-0.25, -0.2) is 0 Å². The van der Waals surface area contributed by atoms with Crippen LogP contribution < -0.4 is 0 Å². The Morgan fingerprint density at radius 2 is 0.762 bits per heavy atom. The van der Waals surface area contributed by atoms with Gasteiger partial charge in [-0.05, 0) is 0 Å². The predicted octanol–water partition coefficient (Wildman–Crippen LogP) is 6.52. The Hall–Kier alpha value is 0.200. The van der Waals surface area contributed by atoms with Gasteiger partial charge in [0.15, 0.2) is 0 Å². The summed E-state index contributed by atoms with van der Waals surface area (Å²) < 4.78 is 25.2. The summed E-state index contributed by atoms with van der Waals surface area (Å²) in [5, 5.41) is 0. The average molecular weight is 343 g/mol. The van der Waals surface area contributed by atoms with Gasteiger partial charge in [0.25, 0.3) is 0 Å². The first-order chi connectivity index (χ1) is 9.91. The van der Waals surface area contributed by atoms with Crippen LogP contribution in [0.2, 0.25) is 0 Å². The second kappa shape index (κ2) is 18.2. The summed E-state index contributed by atoms with van der Waals surface area (Å²) in [6.07, 6.45) is 20.4. The molecule has 0 aromatic rings. The number of hydrogen-bond acceptors (Lipinski definition) is 2. The lowest BCUT2D eigenvalue weighted by Gasteiger charge is -2.02. The highest BCUT2D eigenvalue weighted by Gasteiger charge is 1.92. The van der Waals surface area contributed by atoms with Crippen LogP contribution in [0.4, 0.5) is 0 Å². The molecule has 0 saturated carbocycles. The van der Waals surface area contributed by atoms with Crippen LogP contribution in [0.25, 0.3) is 0 Å². The summed E-state index contributed by atoms with van der Waals surface area (Å²) in [7, 11) is -0.137. The minimum absolute atomic E-state index is 1.37. The van der Waals surface area contributed by atoms with Crippen LogP contribution in [0.3, 0.4) is 0 Å². The Kier molecular flexibility index (Phi) is 20.4. The molecule has 1 N–H and O–H groups in total. The average Bonchev–Trinajstić information content (AvgIpc) is 2.38. The Bertz CT molecular complexity index is 257. The minimum atomic E-state index is -4.19. The number of hydrogen-bond donors (Lipinski definition) is 1. The third kappa shape index (κ3) is 38.4. The van der Waals surface area contributed by atoms with Crippen LogP contribution in [0.1, 0.15) is 104 Å². The van der Waals surface area contributed by atoms with E-state index in [0.29, 0.717) is 0 Å². The fourth-order valence-electron chi connectivity index (χ4n) is 2.27. The quantitative estimate of drug-likeness (QED) is 0.235. The van der Waals surface area contributed by atoms with E-state index in [1.807, 2.05) is 0 Å². The molecule has 0 aromatic heterocycles. The van der Waals surface area contributed by atoms with Crippen LogP contribution in [-0.2, 0) is 9.33 Å². The first kappa shape index (κ1) is 23.5. The molecule has 0 radical (unpaired) electrons. The van der Waals surface area contributed by atoms with E-state index in [0.717, 1.165) is 0 Å². The summed E-state index contributed by atoms with van der Waals surface area (Å²) in [5.74, 6) is 0. The van der Waals surface area contributed by atoms with Crippen molar-refractivity contribution >= 4 is 20.0 Å². The maximum atomic E-state index is 8.95. The molecule has 0 amide bonds. The van der Waals surface area contributed by atoms with Gasteiger partial charge >= 0.3 is 9.33 Å². The monoisotopic (exact) mass is 342 g/mol. The summed E-state index contributed by atoms with van der Waals surface area (Å²) in [4.78, 5) is 0. The Morgan fingerprint density at radius 3 is 0.905 bits per heavy atom. The molecule has 0 atom stereocenters. The van der Waals surface area contributed by atoms with Crippen molar-refractivity contribution in [2.45, 2.75) is 104 Å². The summed E-state index contributed by atoms with van der Waals surface area (Å²) in [6, 6.07) is 0. The van der Waals surface area contributed by atoms with Crippen LogP contribution in [-0.4, -0.2) is 13.0 Å². The summed E-state index contributed by atoms with van der Waals surface area (Å²) in [5.41, 5.74) is 0. The van der Waals surface area contributed by atoms with E-state index in [2.05, 4.69) is 24.5 Å². The van der Waals surface area contributed by atoms with Crippen LogP contribution >= 0.6 is 10.7 Å². The maximum absolute atomic E-state index is 8.95. The standard InChI is InChI=1S/C16H34.ClHO3S/c1-3-5-7-9-11-13-15-16-14-12-10-8-6-4-2;1-5(2,3)4/h3-16H2,1-2H3;(H,2,3,4). The van der Waals surface area contributed by atoms with Gasteiger partial charge in [-0.1, -0.05) is 104 Å². The van der Waals surface area contributed by atoms with Crippen LogP contribution in [0.15, 0.2) is 0 Å². The number of halogens is 1. The Balaban J connectivity index is 0. The first-order valence-electron chi connectivity index (χ1n) is 8.58. The highest BCUT2D eigenvalue weighted by molar-refractivity contribution is 8.09. The van der Waals surface area contributed by atoms with Gasteiger partial charge in [0.2, 0.25) is 0 Å². The molecule has 0 heterocycles. The molecule has 0 unspecified atom stereocenters. The molecule has 0 aliphatic heterocycles. The van der Waals surface area contributed by atoms with Gasteiger partial charge < -0.3 is 0 Å². The molecule has 21 heavy (non-hydrogen) atoms. The second-order valence-corrected chi connectivity index (χ2v) is 7.65. The molecule has 0 aliphatic rings. The van der Waals surface area contributed by atoms with Gasteiger partial charge in [0.05, 0.1) is 0 Å². The molecule has 0 bridgehead atoms. The van der Waals surface area contributed by atoms with Crippen molar-refractivity contribution in [3.05, 3.63) is 0 Å². The molecular formula is C16H35ClO3S. The molecule has 0 aromatic carbocycles. The van der Waals surface area contributed by atoms with Gasteiger partial charge in [-0.3, -0.25) is 4.55 Å². The second-order valence-electron chi connectivity index (χ2n) is 5.65. The molecule has 0 spiro atoms. The van der Waals surface area contributed by atoms with Crippen LogP contribution in [0, 0.1) is 0 Å². The van der Waals surface area contributed by atoms with Gasteiger partial charge in [-0.15, -0.1) is 0 Å². The molecular weight excluding hydrogens is 308 g/mol. The lowest BCUT2D eigenvalue weighted by molar-refractivity contribution is 0.501. The third-order valence-electron chi connectivity index (χ3n) is 3.46. The molecule has 0 fully saturated rings. The SMILES string of the molecule is CCCCCCCCCCCCCCCC.O=S(=O)(O)Cl. The van der Waals surface area contributed by atoms with Gasteiger partial charge in [0, 0.05) is 10.7 Å². The molecule has 0 aliphatic carbocycles. The van der Waals surface area contributed by atoms with E-state index in [1.54, 1.807) is 0 Å². The number of rotatable bonds is 13. The van der Waals surface area contributed by atoms with E-state index >= 15 is 0 Å². The van der Waals surface area contributed by atoms with Gasteiger partial charge in [-0.2, -0.15) is 8.42 Å². The number of unbranched alkanes of at least 4 members (excludes halogenated alkanes) is 13. The lowest BCUT2D eigenvalue weighted by atomic mass is 10.0. The Labute approximate surface area is 137 Å². The molecule has 5 heteroatoms. The van der Waals surface area contributed by atoms with Crippen LogP contribution in [0.5, 0.6) is 0 Å². The fourth-order valence-corrected chi connectivity index (χ4v) is 2.27. The first-order valence-corrected chi connectivity index (χ1v) is 10.9. The molecule has 130 valence electrons. The van der Waals surface area contributed by atoms with Crippen molar-refractivity contribution in [3.8, 4) is 0 Å². The largest absolute Gasteiger partial charge is 0.353 e. The van der Waals surface area contributed by atoms with Crippen molar-refractivity contribution in [3.63, 3.8) is 0 Å². The van der Waals surface area contributed by atoms with Crippen molar-refractivity contribution in [1.82, 2.24) is 0 Å². The van der Waals surface area contributed by atoms with Crippen molar-refractivity contribution in [1.29, 1.82) is 0 Å². The topological polar surface area (TPSA) is 54.4 Å². The zero-order chi connectivity index (χ0) is 16.4. The highest BCUT2D eigenvalue weighted by atomic mass is 35.7. The summed E-state index contributed by atoms with van der Waals surface area (Å²) in [6.45, 7) is 4.58. The zero-order valence-corrected chi connectivity index (χ0v) is 15.5. The normalized spacial score (nSPS) is 11.0.